The van der Waals surface area contributed by atoms with E-state index in [4.69, 9.17) is 0 Å². The third-order valence-electron chi connectivity index (χ3n) is 2.06. The summed E-state index contributed by atoms with van der Waals surface area (Å²) in [6.45, 7) is 3.74. The molecule has 0 aromatic carbocycles. The monoisotopic (exact) mass is 233 g/mol. The number of hydrogen-bond acceptors (Lipinski definition) is 4. The Hall–Kier alpha value is -1.75. The Morgan fingerprint density at radius 3 is 2.88 bits per heavy atom. The molecule has 4 nitrogen and oxygen atoms in total. The lowest BCUT2D eigenvalue weighted by Crippen LogP contribution is -2.14. The summed E-state index contributed by atoms with van der Waals surface area (Å²) in [6, 6.07) is 3.66. The van der Waals surface area contributed by atoms with Gasteiger partial charge in [0.25, 0.3) is 5.91 Å². The molecule has 1 amide bonds. The third-order valence-corrected chi connectivity index (χ3v) is 2.94. The third kappa shape index (κ3) is 2.25. The minimum atomic E-state index is -0.215. The van der Waals surface area contributed by atoms with Gasteiger partial charge >= 0.3 is 0 Å². The molecule has 2 rings (SSSR count). The van der Waals surface area contributed by atoms with Crippen molar-refractivity contribution >= 4 is 22.4 Å². The zero-order valence-corrected chi connectivity index (χ0v) is 9.84. The van der Waals surface area contributed by atoms with Gasteiger partial charge in [-0.25, -0.2) is 4.98 Å². The van der Waals surface area contributed by atoms with E-state index in [2.05, 4.69) is 15.3 Å². The van der Waals surface area contributed by atoms with Crippen LogP contribution in [-0.2, 0) is 0 Å². The van der Waals surface area contributed by atoms with Crippen molar-refractivity contribution in [3.8, 4) is 0 Å². The molecule has 0 bridgehead atoms. The number of aryl methyl sites for hydroxylation is 2. The van der Waals surface area contributed by atoms with E-state index in [-0.39, 0.29) is 5.91 Å². The Kier molecular flexibility index (Phi) is 2.96. The highest BCUT2D eigenvalue weighted by molar-refractivity contribution is 7.13. The Balaban J connectivity index is 2.18. The van der Waals surface area contributed by atoms with Crippen molar-refractivity contribution < 1.29 is 4.79 Å². The lowest BCUT2D eigenvalue weighted by Gasteiger charge is -2.03. The zero-order valence-electron chi connectivity index (χ0n) is 9.02. The van der Waals surface area contributed by atoms with E-state index in [1.54, 1.807) is 12.3 Å². The summed E-state index contributed by atoms with van der Waals surface area (Å²) in [7, 11) is 0. The SMILES string of the molecule is Cc1csc(NC(=O)c2ncccc2C)n1. The number of amides is 1. The standard InChI is InChI=1S/C11H11N3OS/c1-7-4-3-5-12-9(7)10(15)14-11-13-8(2)6-16-11/h3-6H,1-2H3,(H,13,14,15). The number of rotatable bonds is 2. The highest BCUT2D eigenvalue weighted by atomic mass is 32.1. The number of nitrogens with one attached hydrogen (secondary N) is 1. The van der Waals surface area contributed by atoms with Crippen molar-refractivity contribution in [1.82, 2.24) is 9.97 Å². The van der Waals surface area contributed by atoms with Crippen LogP contribution in [-0.4, -0.2) is 15.9 Å². The Bertz CT molecular complexity index is 521. The van der Waals surface area contributed by atoms with Crippen molar-refractivity contribution in [2.45, 2.75) is 13.8 Å². The van der Waals surface area contributed by atoms with Crippen LogP contribution in [0.15, 0.2) is 23.7 Å². The van der Waals surface area contributed by atoms with Crippen LogP contribution >= 0.6 is 11.3 Å². The first kappa shape index (κ1) is 10.8. The highest BCUT2D eigenvalue weighted by Gasteiger charge is 2.11. The largest absolute Gasteiger partial charge is 0.296 e. The molecule has 1 N–H and O–H groups in total. The second-order valence-corrected chi connectivity index (χ2v) is 4.28. The van der Waals surface area contributed by atoms with Gasteiger partial charge in [0, 0.05) is 11.6 Å². The smallest absolute Gasteiger partial charge is 0.276 e. The zero-order chi connectivity index (χ0) is 11.5. The van der Waals surface area contributed by atoms with E-state index < -0.39 is 0 Å². The number of pyridine rings is 1. The van der Waals surface area contributed by atoms with Crippen molar-refractivity contribution in [2.24, 2.45) is 0 Å². The van der Waals surface area contributed by atoms with E-state index in [1.807, 2.05) is 25.3 Å². The van der Waals surface area contributed by atoms with Crippen LogP contribution in [0.1, 0.15) is 21.7 Å². The summed E-state index contributed by atoms with van der Waals surface area (Å²) >= 11 is 1.41. The van der Waals surface area contributed by atoms with E-state index in [1.165, 1.54) is 11.3 Å². The first-order valence-corrected chi connectivity index (χ1v) is 5.70. The molecule has 0 aliphatic carbocycles. The molecule has 0 saturated carbocycles. The molecular formula is C11H11N3OS. The van der Waals surface area contributed by atoms with E-state index in [9.17, 15) is 4.79 Å². The second-order valence-electron chi connectivity index (χ2n) is 3.42. The maximum Gasteiger partial charge on any atom is 0.276 e. The summed E-state index contributed by atoms with van der Waals surface area (Å²) in [6.07, 6.45) is 1.61. The number of hydrogen-bond donors (Lipinski definition) is 1. The number of thiazole rings is 1. The van der Waals surface area contributed by atoms with Gasteiger partial charge in [0.2, 0.25) is 0 Å². The normalized spacial score (nSPS) is 10.1. The van der Waals surface area contributed by atoms with Crippen LogP contribution in [0.4, 0.5) is 5.13 Å². The average molecular weight is 233 g/mol. The van der Waals surface area contributed by atoms with Gasteiger partial charge in [0.1, 0.15) is 5.69 Å². The molecule has 82 valence electrons. The Morgan fingerprint density at radius 1 is 1.44 bits per heavy atom. The molecule has 2 aromatic rings. The van der Waals surface area contributed by atoms with Gasteiger partial charge in [-0.05, 0) is 25.5 Å². The summed E-state index contributed by atoms with van der Waals surface area (Å²) in [5.41, 5.74) is 2.20. The van der Waals surface area contributed by atoms with Crippen molar-refractivity contribution in [3.05, 3.63) is 40.7 Å². The number of anilines is 1. The topological polar surface area (TPSA) is 54.9 Å². The number of carbonyl (C=O) groups excluding carboxylic acids is 1. The molecule has 16 heavy (non-hydrogen) atoms. The fourth-order valence-electron chi connectivity index (χ4n) is 1.29. The van der Waals surface area contributed by atoms with Gasteiger partial charge in [-0.1, -0.05) is 6.07 Å². The van der Waals surface area contributed by atoms with Crippen LogP contribution in [0.3, 0.4) is 0 Å². The quantitative estimate of drug-likeness (QED) is 0.866. The van der Waals surface area contributed by atoms with Gasteiger partial charge < -0.3 is 0 Å². The molecule has 0 aliphatic rings. The van der Waals surface area contributed by atoms with Gasteiger partial charge in [-0.3, -0.25) is 15.1 Å². The van der Waals surface area contributed by atoms with Crippen molar-refractivity contribution in [1.29, 1.82) is 0 Å². The maximum atomic E-state index is 11.8. The minimum absolute atomic E-state index is 0.215. The first-order valence-electron chi connectivity index (χ1n) is 4.82. The van der Waals surface area contributed by atoms with Gasteiger partial charge in [-0.15, -0.1) is 11.3 Å². The van der Waals surface area contributed by atoms with Crippen molar-refractivity contribution in [2.75, 3.05) is 5.32 Å². The number of nitrogens with zero attached hydrogens (tertiary/aromatic N) is 2. The first-order chi connectivity index (χ1) is 7.66. The summed E-state index contributed by atoms with van der Waals surface area (Å²) < 4.78 is 0. The second kappa shape index (κ2) is 4.40. The predicted molar refractivity (Wildman–Crippen MR) is 63.8 cm³/mol. The summed E-state index contributed by atoms with van der Waals surface area (Å²) in [5, 5.41) is 5.22. The molecular weight excluding hydrogens is 222 g/mol. The average Bonchev–Trinajstić information content (AvgIpc) is 2.64. The number of aromatic nitrogens is 2. The Morgan fingerprint density at radius 2 is 2.25 bits per heavy atom. The van der Waals surface area contributed by atoms with E-state index >= 15 is 0 Å². The molecule has 0 atom stereocenters. The molecule has 5 heteroatoms. The fourth-order valence-corrected chi connectivity index (χ4v) is 1.97. The van der Waals surface area contributed by atoms with Crippen molar-refractivity contribution in [3.63, 3.8) is 0 Å². The van der Waals surface area contributed by atoms with Gasteiger partial charge in [-0.2, -0.15) is 0 Å². The van der Waals surface area contributed by atoms with Crippen LogP contribution in [0, 0.1) is 13.8 Å². The van der Waals surface area contributed by atoms with Crippen LogP contribution < -0.4 is 5.32 Å². The molecule has 2 aromatic heterocycles. The fraction of sp³-hybridized carbons (Fsp3) is 0.182. The molecule has 0 aliphatic heterocycles. The molecule has 0 fully saturated rings. The molecule has 0 spiro atoms. The van der Waals surface area contributed by atoms with Crippen LogP contribution in [0.25, 0.3) is 0 Å². The molecule has 0 saturated heterocycles. The summed E-state index contributed by atoms with van der Waals surface area (Å²) in [5.74, 6) is -0.215. The Labute approximate surface area is 97.4 Å². The number of carbonyl (C=O) groups is 1. The lowest BCUT2D eigenvalue weighted by molar-refractivity contribution is 0.102. The molecule has 0 unspecified atom stereocenters. The predicted octanol–water partition coefficient (Wildman–Crippen LogP) is 2.41. The lowest BCUT2D eigenvalue weighted by atomic mass is 10.2. The van der Waals surface area contributed by atoms with Crippen LogP contribution in [0.5, 0.6) is 0 Å². The summed E-state index contributed by atoms with van der Waals surface area (Å²) in [4.78, 5) is 20.0. The minimum Gasteiger partial charge on any atom is -0.296 e. The highest BCUT2D eigenvalue weighted by Crippen LogP contribution is 2.15. The van der Waals surface area contributed by atoms with E-state index in [0.29, 0.717) is 10.8 Å². The molecule has 0 radical (unpaired) electrons. The molecule has 2 heterocycles. The van der Waals surface area contributed by atoms with Gasteiger partial charge in [0.15, 0.2) is 5.13 Å². The van der Waals surface area contributed by atoms with Gasteiger partial charge in [0.05, 0.1) is 5.69 Å². The maximum absolute atomic E-state index is 11.8. The van der Waals surface area contributed by atoms with Crippen LogP contribution in [0.2, 0.25) is 0 Å². The van der Waals surface area contributed by atoms with E-state index in [0.717, 1.165) is 11.3 Å².